The molecule has 3 nitrogen and oxygen atoms in total. The Bertz CT molecular complexity index is 773. The van der Waals surface area contributed by atoms with Gasteiger partial charge in [0.25, 0.3) is 0 Å². The van der Waals surface area contributed by atoms with E-state index in [0.717, 1.165) is 19.4 Å². The Morgan fingerprint density at radius 2 is 0.938 bits per heavy atom. The van der Waals surface area contributed by atoms with Gasteiger partial charge in [-0.25, -0.2) is 4.79 Å². The van der Waals surface area contributed by atoms with Gasteiger partial charge in [-0.05, 0) is 103 Å². The van der Waals surface area contributed by atoms with Gasteiger partial charge < -0.3 is 9.64 Å². The average molecular weight is 668 g/mol. The molecule has 0 heterocycles. The SMILES string of the molecule is C=C(CCN(C)C)C(=O)OCC(CCCCCCCC/C=C\C/C=C\CCCCC)CCCCCCCC/C=C\C/C=C\CCCCC. The largest absolute Gasteiger partial charge is 0.462 e. The molecule has 0 aliphatic heterocycles. The topological polar surface area (TPSA) is 29.5 Å². The number of nitrogens with zero attached hydrogens (tertiary/aromatic N) is 1. The Labute approximate surface area is 300 Å². The van der Waals surface area contributed by atoms with E-state index in [2.05, 4.69) is 73.9 Å². The zero-order valence-corrected chi connectivity index (χ0v) is 32.7. The van der Waals surface area contributed by atoms with E-state index in [-0.39, 0.29) is 5.97 Å². The number of carbonyl (C=O) groups is 1. The van der Waals surface area contributed by atoms with E-state index in [4.69, 9.17) is 4.74 Å². The van der Waals surface area contributed by atoms with Crippen LogP contribution in [-0.2, 0) is 9.53 Å². The first-order valence-electron chi connectivity index (χ1n) is 20.6. The standard InChI is InChI=1S/C45H81NO2/c1-6-8-10-12-14-16-18-20-22-24-26-28-30-32-34-36-38-44(42-48-45(47)43(3)40-41-46(4)5)39-37-35-33-31-29-27-25-23-21-19-17-15-13-11-9-7-2/h14-17,20-23,44H,3,6-13,18-19,24-42H2,1-2,4-5H3/b16-14-,17-15-,22-20-,23-21-. The van der Waals surface area contributed by atoms with E-state index in [0.29, 0.717) is 24.5 Å². The van der Waals surface area contributed by atoms with Crippen LogP contribution in [0.15, 0.2) is 60.8 Å². The van der Waals surface area contributed by atoms with Crippen LogP contribution >= 0.6 is 0 Å². The van der Waals surface area contributed by atoms with Gasteiger partial charge in [-0.3, -0.25) is 0 Å². The molecule has 0 aromatic heterocycles. The predicted molar refractivity (Wildman–Crippen MR) is 215 cm³/mol. The summed E-state index contributed by atoms with van der Waals surface area (Å²) in [5.74, 6) is 0.281. The van der Waals surface area contributed by atoms with Crippen molar-refractivity contribution in [3.05, 3.63) is 60.8 Å². The first kappa shape index (κ1) is 46.1. The quantitative estimate of drug-likeness (QED) is 0.0288. The fourth-order valence-corrected chi connectivity index (χ4v) is 5.91. The molecule has 0 rings (SSSR count). The lowest BCUT2D eigenvalue weighted by molar-refractivity contribution is -0.140. The second-order valence-corrected chi connectivity index (χ2v) is 14.4. The Balaban J connectivity index is 4.15. The van der Waals surface area contributed by atoms with Gasteiger partial charge in [0, 0.05) is 12.1 Å². The molecule has 0 saturated carbocycles. The van der Waals surface area contributed by atoms with Gasteiger partial charge in [0.15, 0.2) is 0 Å². The van der Waals surface area contributed by atoms with Crippen LogP contribution in [0.2, 0.25) is 0 Å². The number of rotatable bonds is 36. The summed E-state index contributed by atoms with van der Waals surface area (Å²) >= 11 is 0. The predicted octanol–water partition coefficient (Wildman–Crippen LogP) is 14.1. The van der Waals surface area contributed by atoms with Gasteiger partial charge in [0.2, 0.25) is 0 Å². The van der Waals surface area contributed by atoms with E-state index in [1.165, 1.54) is 154 Å². The lowest BCUT2D eigenvalue weighted by Crippen LogP contribution is -2.19. The molecule has 0 N–H and O–H groups in total. The van der Waals surface area contributed by atoms with Gasteiger partial charge in [0.05, 0.1) is 6.61 Å². The van der Waals surface area contributed by atoms with Crippen LogP contribution < -0.4 is 0 Å². The highest BCUT2D eigenvalue weighted by Gasteiger charge is 2.14. The van der Waals surface area contributed by atoms with Crippen molar-refractivity contribution in [3.8, 4) is 0 Å². The summed E-state index contributed by atoms with van der Waals surface area (Å²) in [7, 11) is 4.04. The maximum atomic E-state index is 12.6. The highest BCUT2D eigenvalue weighted by atomic mass is 16.5. The van der Waals surface area contributed by atoms with Crippen LogP contribution in [-0.4, -0.2) is 38.1 Å². The molecule has 3 heteroatoms. The lowest BCUT2D eigenvalue weighted by atomic mass is 9.94. The second-order valence-electron chi connectivity index (χ2n) is 14.4. The van der Waals surface area contributed by atoms with Crippen LogP contribution in [0.3, 0.4) is 0 Å². The maximum Gasteiger partial charge on any atom is 0.333 e. The van der Waals surface area contributed by atoms with E-state index >= 15 is 0 Å². The molecule has 48 heavy (non-hydrogen) atoms. The Kier molecular flexibility index (Phi) is 36.5. The first-order chi connectivity index (χ1) is 23.5. The molecule has 0 spiro atoms. The summed E-state index contributed by atoms with van der Waals surface area (Å²) in [6.07, 6.45) is 52.4. The minimum Gasteiger partial charge on any atom is -0.462 e. The van der Waals surface area contributed by atoms with Crippen LogP contribution in [0.1, 0.15) is 187 Å². The molecular formula is C45H81NO2. The molecule has 0 amide bonds. The normalized spacial score (nSPS) is 12.3. The molecule has 0 bridgehead atoms. The van der Waals surface area contributed by atoms with Crippen LogP contribution in [0.5, 0.6) is 0 Å². The maximum absolute atomic E-state index is 12.6. The fourth-order valence-electron chi connectivity index (χ4n) is 5.91. The second kappa shape index (κ2) is 37.9. The lowest BCUT2D eigenvalue weighted by Gasteiger charge is -2.18. The zero-order chi connectivity index (χ0) is 35.2. The smallest absolute Gasteiger partial charge is 0.333 e. The number of carbonyl (C=O) groups excluding carboxylic acids is 1. The minimum absolute atomic E-state index is 0.198. The molecule has 0 aliphatic rings. The van der Waals surface area contributed by atoms with Crippen molar-refractivity contribution >= 4 is 5.97 Å². The number of hydrogen-bond donors (Lipinski definition) is 0. The molecule has 0 aromatic carbocycles. The summed E-state index contributed by atoms with van der Waals surface area (Å²) in [5, 5.41) is 0. The number of allylic oxidation sites excluding steroid dienone is 8. The highest BCUT2D eigenvalue weighted by molar-refractivity contribution is 5.87. The van der Waals surface area contributed by atoms with Crippen molar-refractivity contribution in [2.45, 2.75) is 187 Å². The molecule has 278 valence electrons. The van der Waals surface area contributed by atoms with E-state index in [1.54, 1.807) is 0 Å². The Hall–Kier alpha value is -1.87. The third-order valence-electron chi connectivity index (χ3n) is 9.23. The minimum atomic E-state index is -0.198. The summed E-state index contributed by atoms with van der Waals surface area (Å²) < 4.78 is 5.78. The summed E-state index contributed by atoms with van der Waals surface area (Å²) in [5.41, 5.74) is 0.602. The van der Waals surface area contributed by atoms with Crippen molar-refractivity contribution < 1.29 is 9.53 Å². The molecular weight excluding hydrogens is 587 g/mol. The van der Waals surface area contributed by atoms with Crippen molar-refractivity contribution in [1.82, 2.24) is 4.90 Å². The first-order valence-corrected chi connectivity index (χ1v) is 20.6. The van der Waals surface area contributed by atoms with Crippen molar-refractivity contribution in [1.29, 1.82) is 0 Å². The molecule has 0 fully saturated rings. The fraction of sp³-hybridized carbons (Fsp3) is 0.756. The van der Waals surface area contributed by atoms with Gasteiger partial charge in [-0.2, -0.15) is 0 Å². The third-order valence-corrected chi connectivity index (χ3v) is 9.23. The monoisotopic (exact) mass is 668 g/mol. The van der Waals surface area contributed by atoms with Crippen molar-refractivity contribution in [2.24, 2.45) is 5.92 Å². The van der Waals surface area contributed by atoms with Gasteiger partial charge in [-0.1, -0.05) is 159 Å². The summed E-state index contributed by atoms with van der Waals surface area (Å²) in [6, 6.07) is 0. The van der Waals surface area contributed by atoms with E-state index in [1.807, 2.05) is 14.1 Å². The Morgan fingerprint density at radius 3 is 1.33 bits per heavy atom. The number of hydrogen-bond acceptors (Lipinski definition) is 3. The Morgan fingerprint density at radius 1 is 0.562 bits per heavy atom. The highest BCUT2D eigenvalue weighted by Crippen LogP contribution is 2.21. The average Bonchev–Trinajstić information content (AvgIpc) is 3.08. The number of ether oxygens (including phenoxy) is 1. The van der Waals surface area contributed by atoms with Crippen LogP contribution in [0, 0.1) is 5.92 Å². The summed E-state index contributed by atoms with van der Waals surface area (Å²) in [6.45, 7) is 9.89. The van der Waals surface area contributed by atoms with E-state index < -0.39 is 0 Å². The zero-order valence-electron chi connectivity index (χ0n) is 32.7. The van der Waals surface area contributed by atoms with Crippen LogP contribution in [0.4, 0.5) is 0 Å². The number of esters is 1. The van der Waals surface area contributed by atoms with Crippen molar-refractivity contribution in [2.75, 3.05) is 27.2 Å². The number of unbranched alkanes of at least 4 members (excludes halogenated alkanes) is 18. The molecule has 0 unspecified atom stereocenters. The van der Waals surface area contributed by atoms with Gasteiger partial charge in [-0.15, -0.1) is 0 Å². The molecule has 0 aliphatic carbocycles. The van der Waals surface area contributed by atoms with Crippen molar-refractivity contribution in [3.63, 3.8) is 0 Å². The van der Waals surface area contributed by atoms with Gasteiger partial charge >= 0.3 is 5.97 Å². The van der Waals surface area contributed by atoms with Crippen LogP contribution in [0.25, 0.3) is 0 Å². The molecule has 0 aromatic rings. The summed E-state index contributed by atoms with van der Waals surface area (Å²) in [4.78, 5) is 14.6. The molecule has 0 saturated heterocycles. The third kappa shape index (κ3) is 35.4. The van der Waals surface area contributed by atoms with E-state index in [9.17, 15) is 4.79 Å². The van der Waals surface area contributed by atoms with Gasteiger partial charge in [0.1, 0.15) is 0 Å². The molecule has 0 radical (unpaired) electrons. The molecule has 0 atom stereocenters.